The highest BCUT2D eigenvalue weighted by Gasteiger charge is 2.10. The van der Waals surface area contributed by atoms with Crippen molar-refractivity contribution in [2.75, 3.05) is 0 Å². The van der Waals surface area contributed by atoms with Crippen molar-refractivity contribution in [2.24, 2.45) is 5.10 Å². The summed E-state index contributed by atoms with van der Waals surface area (Å²) in [6.07, 6.45) is 3.60. The molecule has 0 fully saturated rings. The highest BCUT2D eigenvalue weighted by molar-refractivity contribution is 6.42. The molecular weight excluding hydrogens is 485 g/mol. The number of fused-ring (bicyclic) bond motifs is 1. The number of halogens is 2. The van der Waals surface area contributed by atoms with Crippen LogP contribution in [0.4, 0.5) is 0 Å². The Balaban J connectivity index is 1.27. The number of hydrogen-bond donors (Lipinski definition) is 1. The summed E-state index contributed by atoms with van der Waals surface area (Å²) in [6, 6.07) is 23.0. The number of nitrogens with zero attached hydrogens (tertiary/aromatic N) is 6. The molecule has 0 radical (unpaired) electrons. The number of rotatable bonds is 7. The van der Waals surface area contributed by atoms with Gasteiger partial charge in [0.05, 0.1) is 16.3 Å². The van der Waals surface area contributed by atoms with E-state index < -0.39 is 0 Å². The van der Waals surface area contributed by atoms with Gasteiger partial charge in [-0.25, -0.2) is 5.43 Å². The maximum atomic E-state index is 12.3. The second-order valence-corrected chi connectivity index (χ2v) is 8.60. The van der Waals surface area contributed by atoms with Crippen LogP contribution in [-0.4, -0.2) is 36.9 Å². The van der Waals surface area contributed by atoms with Crippen molar-refractivity contribution >= 4 is 46.2 Å². The fourth-order valence-electron chi connectivity index (χ4n) is 3.69. The molecule has 2 heterocycles. The van der Waals surface area contributed by atoms with E-state index in [0.29, 0.717) is 22.4 Å². The van der Waals surface area contributed by atoms with E-state index in [0.717, 1.165) is 27.6 Å². The Bertz CT molecular complexity index is 1530. The number of amides is 1. The van der Waals surface area contributed by atoms with Crippen LogP contribution >= 0.6 is 23.2 Å². The molecule has 0 aliphatic rings. The molecule has 0 atom stereocenters. The first-order valence-corrected chi connectivity index (χ1v) is 11.5. The molecule has 5 aromatic rings. The van der Waals surface area contributed by atoms with Crippen LogP contribution in [0.2, 0.25) is 10.0 Å². The standard InChI is InChI=1S/C25H19Cl2N7O/c26-21-11-10-17(12-22(21)27)14-33-15-19(20-8-4-5-9-23(20)33)13-28-29-24(35)16-34-31-25(30-32-34)18-6-2-1-3-7-18/h1-13,15H,14,16H2,(H,29,35)/b28-13-. The summed E-state index contributed by atoms with van der Waals surface area (Å²) in [5.41, 5.74) is 6.28. The van der Waals surface area contributed by atoms with Crippen molar-refractivity contribution < 1.29 is 4.79 Å². The molecular formula is C25H19Cl2N7O. The van der Waals surface area contributed by atoms with Gasteiger partial charge in [-0.05, 0) is 29.0 Å². The van der Waals surface area contributed by atoms with Gasteiger partial charge in [-0.3, -0.25) is 4.79 Å². The molecule has 8 nitrogen and oxygen atoms in total. The number of hydrogen-bond acceptors (Lipinski definition) is 5. The van der Waals surface area contributed by atoms with Gasteiger partial charge < -0.3 is 4.57 Å². The fraction of sp³-hybridized carbons (Fsp3) is 0.0800. The molecule has 174 valence electrons. The predicted molar refractivity (Wildman–Crippen MR) is 136 cm³/mol. The molecule has 0 unspecified atom stereocenters. The van der Waals surface area contributed by atoms with Gasteiger partial charge in [0, 0.05) is 34.8 Å². The van der Waals surface area contributed by atoms with E-state index in [9.17, 15) is 4.79 Å². The topological polar surface area (TPSA) is 90.0 Å². The molecule has 0 saturated carbocycles. The van der Waals surface area contributed by atoms with E-state index in [1.165, 1.54) is 4.80 Å². The zero-order chi connectivity index (χ0) is 24.2. The summed E-state index contributed by atoms with van der Waals surface area (Å²) < 4.78 is 2.10. The first-order chi connectivity index (χ1) is 17.1. The normalized spacial score (nSPS) is 11.4. The quantitative estimate of drug-likeness (QED) is 0.255. The lowest BCUT2D eigenvalue weighted by Crippen LogP contribution is -2.24. The number of benzene rings is 3. The number of nitrogens with one attached hydrogen (secondary N) is 1. The first-order valence-electron chi connectivity index (χ1n) is 10.7. The van der Waals surface area contributed by atoms with Crippen LogP contribution in [0.15, 0.2) is 84.1 Å². The van der Waals surface area contributed by atoms with E-state index in [1.54, 1.807) is 12.3 Å². The first kappa shape index (κ1) is 22.8. The molecule has 0 spiro atoms. The van der Waals surface area contributed by atoms with Gasteiger partial charge in [0.25, 0.3) is 5.91 Å². The van der Waals surface area contributed by atoms with Crippen molar-refractivity contribution in [3.8, 4) is 11.4 Å². The van der Waals surface area contributed by atoms with Gasteiger partial charge >= 0.3 is 0 Å². The number of carbonyl (C=O) groups is 1. The third-order valence-electron chi connectivity index (χ3n) is 5.32. The van der Waals surface area contributed by atoms with Crippen LogP contribution < -0.4 is 5.43 Å². The van der Waals surface area contributed by atoms with Gasteiger partial charge in [0.2, 0.25) is 5.82 Å². The van der Waals surface area contributed by atoms with E-state index >= 15 is 0 Å². The van der Waals surface area contributed by atoms with E-state index in [2.05, 4.69) is 30.5 Å². The average Bonchev–Trinajstić information content (AvgIpc) is 3.47. The van der Waals surface area contributed by atoms with Gasteiger partial charge in [0.1, 0.15) is 6.54 Å². The van der Waals surface area contributed by atoms with Crippen LogP contribution in [-0.2, 0) is 17.9 Å². The van der Waals surface area contributed by atoms with Crippen LogP contribution in [0.1, 0.15) is 11.1 Å². The summed E-state index contributed by atoms with van der Waals surface area (Å²) in [5.74, 6) is 0.0921. The zero-order valence-electron chi connectivity index (χ0n) is 18.3. The summed E-state index contributed by atoms with van der Waals surface area (Å²) in [6.45, 7) is 0.510. The summed E-state index contributed by atoms with van der Waals surface area (Å²) in [5, 5.41) is 18.4. The minimum atomic E-state index is -0.363. The largest absolute Gasteiger partial charge is 0.342 e. The number of aromatic nitrogens is 5. The Kier molecular flexibility index (Phi) is 6.56. The number of tetrazole rings is 1. The van der Waals surface area contributed by atoms with Crippen molar-refractivity contribution in [2.45, 2.75) is 13.1 Å². The third-order valence-corrected chi connectivity index (χ3v) is 6.06. The highest BCUT2D eigenvalue weighted by Crippen LogP contribution is 2.25. The third kappa shape index (κ3) is 5.24. The SMILES string of the molecule is O=C(Cn1nnc(-c2ccccc2)n1)N/N=C\c1cn(Cc2ccc(Cl)c(Cl)c2)c2ccccc12. The second-order valence-electron chi connectivity index (χ2n) is 7.78. The summed E-state index contributed by atoms with van der Waals surface area (Å²) in [7, 11) is 0. The molecule has 1 amide bonds. The molecule has 2 aromatic heterocycles. The minimum absolute atomic E-state index is 0.101. The van der Waals surface area contributed by atoms with Crippen molar-refractivity contribution in [3.05, 3.63) is 100 Å². The number of para-hydroxylation sites is 1. The van der Waals surface area contributed by atoms with Crippen LogP contribution in [0.25, 0.3) is 22.3 Å². The lowest BCUT2D eigenvalue weighted by atomic mass is 10.2. The zero-order valence-corrected chi connectivity index (χ0v) is 19.9. The smallest absolute Gasteiger partial charge is 0.263 e. The summed E-state index contributed by atoms with van der Waals surface area (Å²) >= 11 is 12.2. The monoisotopic (exact) mass is 503 g/mol. The Labute approximate surface area is 210 Å². The Morgan fingerprint density at radius 1 is 1.00 bits per heavy atom. The molecule has 0 aliphatic carbocycles. The van der Waals surface area contributed by atoms with Crippen LogP contribution in [0, 0.1) is 0 Å². The lowest BCUT2D eigenvalue weighted by Gasteiger charge is -2.06. The van der Waals surface area contributed by atoms with Gasteiger partial charge in [-0.15, -0.1) is 10.2 Å². The van der Waals surface area contributed by atoms with Crippen LogP contribution in [0.3, 0.4) is 0 Å². The van der Waals surface area contributed by atoms with E-state index in [-0.39, 0.29) is 12.5 Å². The Morgan fingerprint density at radius 3 is 2.63 bits per heavy atom. The number of hydrazone groups is 1. The predicted octanol–water partition coefficient (Wildman–Crippen LogP) is 4.80. The molecule has 35 heavy (non-hydrogen) atoms. The van der Waals surface area contributed by atoms with Crippen molar-refractivity contribution in [1.29, 1.82) is 0 Å². The maximum absolute atomic E-state index is 12.3. The lowest BCUT2D eigenvalue weighted by molar-refractivity contribution is -0.122. The highest BCUT2D eigenvalue weighted by atomic mass is 35.5. The molecule has 10 heteroatoms. The van der Waals surface area contributed by atoms with Crippen LogP contribution in [0.5, 0.6) is 0 Å². The molecule has 0 bridgehead atoms. The Morgan fingerprint density at radius 2 is 1.80 bits per heavy atom. The fourth-order valence-corrected chi connectivity index (χ4v) is 4.01. The van der Waals surface area contributed by atoms with Crippen molar-refractivity contribution in [1.82, 2.24) is 30.2 Å². The van der Waals surface area contributed by atoms with Crippen molar-refractivity contribution in [3.63, 3.8) is 0 Å². The van der Waals surface area contributed by atoms with Gasteiger partial charge in [-0.2, -0.15) is 9.90 Å². The Hall–Kier alpha value is -4.01. The number of carbonyl (C=O) groups excluding carboxylic acids is 1. The van der Waals surface area contributed by atoms with E-state index in [4.69, 9.17) is 23.2 Å². The summed E-state index contributed by atoms with van der Waals surface area (Å²) in [4.78, 5) is 13.6. The maximum Gasteiger partial charge on any atom is 0.263 e. The van der Waals surface area contributed by atoms with Gasteiger partial charge in [0.15, 0.2) is 0 Å². The molecule has 5 rings (SSSR count). The molecule has 0 aliphatic heterocycles. The molecule has 3 aromatic carbocycles. The average molecular weight is 504 g/mol. The second kappa shape index (κ2) is 10.1. The van der Waals surface area contributed by atoms with E-state index in [1.807, 2.05) is 72.9 Å². The molecule has 1 N–H and O–H groups in total. The molecule has 0 saturated heterocycles. The van der Waals surface area contributed by atoms with Gasteiger partial charge in [-0.1, -0.05) is 77.8 Å². The minimum Gasteiger partial charge on any atom is -0.342 e.